The Morgan fingerprint density at radius 1 is 1.16 bits per heavy atom. The van der Waals surface area contributed by atoms with Gasteiger partial charge in [-0.3, -0.25) is 4.79 Å². The first kappa shape index (κ1) is 30.3. The topological polar surface area (TPSA) is 115 Å². The van der Waals surface area contributed by atoms with E-state index in [0.29, 0.717) is 46.9 Å². The van der Waals surface area contributed by atoms with E-state index in [1.165, 1.54) is 11.0 Å². The highest BCUT2D eigenvalue weighted by molar-refractivity contribution is 6.40. The molecule has 224 valence electrons. The third-order valence-electron chi connectivity index (χ3n) is 7.76. The quantitative estimate of drug-likeness (QED) is 0.266. The van der Waals surface area contributed by atoms with Crippen molar-refractivity contribution in [3.05, 3.63) is 86.8 Å². The average Bonchev–Trinajstić information content (AvgIpc) is 2.97. The maximum absolute atomic E-state index is 15.5. The fourth-order valence-corrected chi connectivity index (χ4v) is 5.83. The molecule has 0 aromatic heterocycles. The molecule has 12 heteroatoms. The van der Waals surface area contributed by atoms with Gasteiger partial charge in [0.25, 0.3) is 5.91 Å². The van der Waals surface area contributed by atoms with Gasteiger partial charge < -0.3 is 35.1 Å². The fourth-order valence-electron chi connectivity index (χ4n) is 5.18. The molecule has 9 nitrogen and oxygen atoms in total. The second-order valence-corrected chi connectivity index (χ2v) is 11.4. The van der Waals surface area contributed by atoms with Gasteiger partial charge in [0.05, 0.1) is 52.2 Å². The molecule has 0 saturated carbocycles. The molecule has 43 heavy (non-hydrogen) atoms. The second-order valence-electron chi connectivity index (χ2n) is 10.6. The van der Waals surface area contributed by atoms with E-state index in [1.807, 2.05) is 6.92 Å². The maximum Gasteiger partial charge on any atom is 0.337 e. The first-order chi connectivity index (χ1) is 20.5. The molecule has 2 aliphatic rings. The number of aromatic carboxylic acids is 1. The summed E-state index contributed by atoms with van der Waals surface area (Å²) in [4.78, 5) is 28.8. The van der Waals surface area contributed by atoms with Crippen LogP contribution in [0, 0.1) is 11.2 Å². The number of carboxylic acid groups (broad SMARTS) is 1. The van der Waals surface area contributed by atoms with Gasteiger partial charge in [0.2, 0.25) is 0 Å². The zero-order valence-electron chi connectivity index (χ0n) is 23.6. The molecular weight excluding hydrogens is 598 g/mol. The number of carbonyl (C=O) groups is 2. The van der Waals surface area contributed by atoms with E-state index >= 15 is 4.39 Å². The molecule has 0 aliphatic carbocycles. The summed E-state index contributed by atoms with van der Waals surface area (Å²) in [6.45, 7) is 2.76. The Hall–Kier alpha value is -4.12. The van der Waals surface area contributed by atoms with Gasteiger partial charge in [0.15, 0.2) is 6.73 Å². The molecule has 0 spiro atoms. The molecule has 1 fully saturated rings. The van der Waals surface area contributed by atoms with E-state index in [1.54, 1.807) is 55.5 Å². The number of allylic oxidation sites excluding steroid dienone is 1. The van der Waals surface area contributed by atoms with Crippen molar-refractivity contribution in [3.63, 3.8) is 0 Å². The lowest BCUT2D eigenvalue weighted by Gasteiger charge is -2.47. The van der Waals surface area contributed by atoms with Crippen LogP contribution in [0.1, 0.15) is 38.8 Å². The van der Waals surface area contributed by atoms with Gasteiger partial charge in [-0.1, -0.05) is 41.4 Å². The number of nitrogens with one attached hydrogen (secondary N) is 2. The molecule has 5 rings (SSSR count). The van der Waals surface area contributed by atoms with Gasteiger partial charge in [0.1, 0.15) is 11.6 Å². The smallest absolute Gasteiger partial charge is 0.337 e. The second kappa shape index (κ2) is 11.9. The van der Waals surface area contributed by atoms with Crippen molar-refractivity contribution in [2.24, 2.45) is 0 Å². The van der Waals surface area contributed by atoms with Gasteiger partial charge >= 0.3 is 5.97 Å². The van der Waals surface area contributed by atoms with Crippen molar-refractivity contribution < 1.29 is 28.6 Å². The summed E-state index contributed by atoms with van der Waals surface area (Å²) in [6.07, 6.45) is 2.76. The average molecular weight is 628 g/mol. The molecule has 3 N–H and O–H groups in total. The number of hydrogen-bond donors (Lipinski definition) is 3. The Morgan fingerprint density at radius 2 is 1.86 bits per heavy atom. The number of rotatable bonds is 8. The lowest BCUT2D eigenvalue weighted by molar-refractivity contribution is -0.0455. The molecule has 3 aromatic carbocycles. The number of hydrogen-bond acceptors (Lipinski definition) is 7. The van der Waals surface area contributed by atoms with Crippen molar-refractivity contribution >= 4 is 52.6 Å². The highest BCUT2D eigenvalue weighted by Gasteiger charge is 2.39. The Bertz CT molecular complexity index is 1650. The summed E-state index contributed by atoms with van der Waals surface area (Å²) < 4.78 is 26.9. The van der Waals surface area contributed by atoms with E-state index in [4.69, 9.17) is 38.1 Å². The van der Waals surface area contributed by atoms with E-state index < -0.39 is 23.2 Å². The van der Waals surface area contributed by atoms with E-state index in [0.717, 1.165) is 12.3 Å². The lowest BCUT2D eigenvalue weighted by atomic mass is 9.93. The summed E-state index contributed by atoms with van der Waals surface area (Å²) in [5.41, 5.74) is 2.18. The number of amides is 1. The number of carbonyl (C=O) groups excluding carboxylic acids is 1. The lowest BCUT2D eigenvalue weighted by Crippen LogP contribution is -2.59. The Labute approximate surface area is 257 Å². The third kappa shape index (κ3) is 5.53. The van der Waals surface area contributed by atoms with Gasteiger partial charge in [-0.2, -0.15) is 0 Å². The van der Waals surface area contributed by atoms with Gasteiger partial charge in [0, 0.05) is 48.8 Å². The highest BCUT2D eigenvalue weighted by atomic mass is 35.5. The van der Waals surface area contributed by atoms with Crippen LogP contribution in [0.5, 0.6) is 5.75 Å². The van der Waals surface area contributed by atoms with Crippen molar-refractivity contribution in [1.82, 2.24) is 10.2 Å². The fraction of sp³-hybridized carbons (Fsp3) is 0.258. The standard InChI is InChI=1S/C31H29Cl2FN4O5/c1-31(14-42-15-31)37(3)26-10-21(25(34)9-22(26)30(40)41)20-6-4-5-17-13-38(16-43-28(17)20)29(39)27-23(32)7-18(8-24(27)33)19(11-35)12-36-2/h4-12,35-36H,13-16H2,1-3H3,(H,40,41)/b19-12+,35-11?. The summed E-state index contributed by atoms with van der Waals surface area (Å²) in [6, 6.07) is 10.9. The number of ether oxygens (including phenoxy) is 2. The van der Waals surface area contributed by atoms with Crippen LogP contribution >= 0.6 is 23.2 Å². The number of halogens is 3. The highest BCUT2D eigenvalue weighted by Crippen LogP contribution is 2.42. The van der Waals surface area contributed by atoms with Gasteiger partial charge in [-0.15, -0.1) is 0 Å². The first-order valence-corrected chi connectivity index (χ1v) is 14.0. The zero-order valence-corrected chi connectivity index (χ0v) is 25.1. The van der Waals surface area contributed by atoms with Crippen LogP contribution in [0.4, 0.5) is 10.1 Å². The minimum Gasteiger partial charge on any atom is -0.478 e. The summed E-state index contributed by atoms with van der Waals surface area (Å²) >= 11 is 13.0. The predicted molar refractivity (Wildman–Crippen MR) is 164 cm³/mol. The monoisotopic (exact) mass is 626 g/mol. The van der Waals surface area contributed by atoms with Crippen LogP contribution in [0.15, 0.2) is 48.7 Å². The van der Waals surface area contributed by atoms with Crippen LogP contribution in [0.3, 0.4) is 0 Å². The molecule has 0 bridgehead atoms. The Kier molecular flexibility index (Phi) is 8.38. The molecule has 0 unspecified atom stereocenters. The molecule has 3 aromatic rings. The first-order valence-electron chi connectivity index (χ1n) is 13.3. The van der Waals surface area contributed by atoms with E-state index in [2.05, 4.69) is 5.32 Å². The number of benzene rings is 3. The van der Waals surface area contributed by atoms with Crippen LogP contribution < -0.4 is 15.0 Å². The molecule has 1 saturated heterocycles. The van der Waals surface area contributed by atoms with Crippen molar-refractivity contribution in [2.75, 3.05) is 38.9 Å². The normalized spacial score (nSPS) is 15.6. The maximum atomic E-state index is 15.5. The number of fused-ring (bicyclic) bond motifs is 1. The van der Waals surface area contributed by atoms with Gasteiger partial charge in [-0.05, 0) is 36.8 Å². The third-order valence-corrected chi connectivity index (χ3v) is 8.35. The van der Waals surface area contributed by atoms with Crippen LogP contribution in [-0.4, -0.2) is 67.7 Å². The number of carboxylic acids is 1. The summed E-state index contributed by atoms with van der Waals surface area (Å²) in [5, 5.41) is 20.6. The molecule has 2 aliphatic heterocycles. The number of para-hydroxylation sites is 1. The minimum absolute atomic E-state index is 0.0977. The number of anilines is 1. The van der Waals surface area contributed by atoms with Crippen molar-refractivity contribution in [2.45, 2.75) is 19.0 Å². The molecular formula is C31H29Cl2FN4O5. The van der Waals surface area contributed by atoms with Crippen molar-refractivity contribution in [1.29, 1.82) is 5.41 Å². The summed E-state index contributed by atoms with van der Waals surface area (Å²) in [5.74, 6) is -2.02. The number of nitrogens with zero attached hydrogens (tertiary/aromatic N) is 2. The molecule has 1 amide bonds. The Balaban J connectivity index is 1.48. The van der Waals surface area contributed by atoms with Gasteiger partial charge in [-0.25, -0.2) is 9.18 Å². The van der Waals surface area contributed by atoms with E-state index in [-0.39, 0.29) is 40.0 Å². The largest absolute Gasteiger partial charge is 0.478 e. The molecule has 2 heterocycles. The summed E-state index contributed by atoms with van der Waals surface area (Å²) in [7, 11) is 3.46. The van der Waals surface area contributed by atoms with Crippen LogP contribution in [-0.2, 0) is 11.3 Å². The van der Waals surface area contributed by atoms with Crippen molar-refractivity contribution in [3.8, 4) is 16.9 Å². The Morgan fingerprint density at radius 3 is 2.44 bits per heavy atom. The van der Waals surface area contributed by atoms with E-state index in [9.17, 15) is 14.7 Å². The SMILES string of the molecule is CN/C=C(\C=N)c1cc(Cl)c(C(=O)N2COc3c(cccc3-c3cc(N(C)C4(C)COC4)c(C(=O)O)cc3F)C2)c(Cl)c1. The van der Waals surface area contributed by atoms with Crippen LogP contribution in [0.2, 0.25) is 10.0 Å². The molecule has 0 radical (unpaired) electrons. The van der Waals surface area contributed by atoms with Crippen LogP contribution in [0.25, 0.3) is 16.7 Å². The minimum atomic E-state index is -1.24. The zero-order chi connectivity index (χ0) is 31.1. The molecule has 0 atom stereocenters. The number of likely N-dealkylation sites (N-methyl/N-ethyl adjacent to an activating group) is 1. The predicted octanol–water partition coefficient (Wildman–Crippen LogP) is 5.92.